The number of nitrogens with one attached hydrogen (secondary N) is 1. The zero-order valence-corrected chi connectivity index (χ0v) is 13.6. The lowest BCUT2D eigenvalue weighted by atomic mass is 10.2. The highest BCUT2D eigenvalue weighted by Crippen LogP contribution is 2.34. The number of hydrogen-bond donors (Lipinski definition) is 1. The standard InChI is InChI=1S/C17H14ClFN2O3/c1-10-12(19)3-2-4-13(10)20-16(22)8-21-14-7-11(18)5-6-15(14)24-9-17(21)23/h2-7H,8-9H2,1H3,(H,20,22). The van der Waals surface area contributed by atoms with E-state index in [-0.39, 0.29) is 19.1 Å². The molecular formula is C17H14ClFN2O3. The minimum atomic E-state index is -0.440. The Hall–Kier alpha value is -2.60. The highest BCUT2D eigenvalue weighted by atomic mass is 35.5. The smallest absolute Gasteiger partial charge is 0.265 e. The van der Waals surface area contributed by atoms with Gasteiger partial charge in [-0.05, 0) is 37.3 Å². The third-order valence-corrected chi connectivity index (χ3v) is 3.94. The fraction of sp³-hybridized carbons (Fsp3) is 0.176. The predicted octanol–water partition coefficient (Wildman–Crippen LogP) is 3.15. The maximum atomic E-state index is 13.5. The minimum absolute atomic E-state index is 0.152. The maximum absolute atomic E-state index is 13.5. The molecule has 0 bridgehead atoms. The number of ether oxygens (including phenoxy) is 1. The molecule has 0 atom stereocenters. The van der Waals surface area contributed by atoms with Crippen molar-refractivity contribution >= 4 is 34.8 Å². The number of anilines is 2. The van der Waals surface area contributed by atoms with Crippen LogP contribution in [-0.4, -0.2) is 25.0 Å². The predicted molar refractivity (Wildman–Crippen MR) is 89.1 cm³/mol. The van der Waals surface area contributed by atoms with E-state index < -0.39 is 11.7 Å². The van der Waals surface area contributed by atoms with Crippen molar-refractivity contribution < 1.29 is 18.7 Å². The average Bonchev–Trinajstić information content (AvgIpc) is 2.55. The molecule has 124 valence electrons. The van der Waals surface area contributed by atoms with Gasteiger partial charge < -0.3 is 10.1 Å². The van der Waals surface area contributed by atoms with Crippen molar-refractivity contribution in [2.75, 3.05) is 23.4 Å². The molecule has 0 fully saturated rings. The largest absolute Gasteiger partial charge is 0.482 e. The van der Waals surface area contributed by atoms with Gasteiger partial charge in [0.15, 0.2) is 6.61 Å². The number of rotatable bonds is 3. The lowest BCUT2D eigenvalue weighted by Gasteiger charge is -2.29. The van der Waals surface area contributed by atoms with E-state index in [9.17, 15) is 14.0 Å². The van der Waals surface area contributed by atoms with E-state index in [0.717, 1.165) is 0 Å². The summed E-state index contributed by atoms with van der Waals surface area (Å²) in [5.74, 6) is -0.720. The summed E-state index contributed by atoms with van der Waals surface area (Å²) >= 11 is 5.96. The molecule has 5 nitrogen and oxygen atoms in total. The van der Waals surface area contributed by atoms with Gasteiger partial charge in [0.1, 0.15) is 18.1 Å². The van der Waals surface area contributed by atoms with Crippen molar-refractivity contribution in [1.29, 1.82) is 0 Å². The van der Waals surface area contributed by atoms with Crippen molar-refractivity contribution in [2.45, 2.75) is 6.92 Å². The van der Waals surface area contributed by atoms with Crippen LogP contribution in [0.5, 0.6) is 5.75 Å². The van der Waals surface area contributed by atoms with E-state index >= 15 is 0 Å². The Bertz CT molecular complexity index is 825. The van der Waals surface area contributed by atoms with Gasteiger partial charge >= 0.3 is 0 Å². The van der Waals surface area contributed by atoms with Crippen LogP contribution in [0.25, 0.3) is 0 Å². The van der Waals surface area contributed by atoms with Crippen LogP contribution in [0, 0.1) is 12.7 Å². The van der Waals surface area contributed by atoms with Crippen LogP contribution in [-0.2, 0) is 9.59 Å². The Morgan fingerprint density at radius 2 is 2.17 bits per heavy atom. The van der Waals surface area contributed by atoms with Gasteiger partial charge in [0.25, 0.3) is 5.91 Å². The lowest BCUT2D eigenvalue weighted by molar-refractivity contribution is -0.123. The van der Waals surface area contributed by atoms with Gasteiger partial charge in [-0.25, -0.2) is 4.39 Å². The van der Waals surface area contributed by atoms with Crippen molar-refractivity contribution in [3.63, 3.8) is 0 Å². The van der Waals surface area contributed by atoms with Gasteiger partial charge in [0.2, 0.25) is 5.91 Å². The monoisotopic (exact) mass is 348 g/mol. The summed E-state index contributed by atoms with van der Waals surface area (Å²) in [5, 5.41) is 3.05. The fourth-order valence-electron chi connectivity index (χ4n) is 2.42. The Morgan fingerprint density at radius 1 is 1.38 bits per heavy atom. The molecule has 7 heteroatoms. The Morgan fingerprint density at radius 3 is 2.96 bits per heavy atom. The molecule has 0 saturated heterocycles. The van der Waals surface area contributed by atoms with Gasteiger partial charge in [-0.2, -0.15) is 0 Å². The first kappa shape index (κ1) is 16.3. The third-order valence-electron chi connectivity index (χ3n) is 3.71. The fourth-order valence-corrected chi connectivity index (χ4v) is 2.59. The van der Waals surface area contributed by atoms with Crippen molar-refractivity contribution in [3.05, 3.63) is 52.8 Å². The summed E-state index contributed by atoms with van der Waals surface area (Å²) in [6, 6.07) is 9.27. The molecule has 2 amide bonds. The van der Waals surface area contributed by atoms with E-state index in [1.807, 2.05) is 0 Å². The second kappa shape index (κ2) is 6.49. The van der Waals surface area contributed by atoms with Gasteiger partial charge in [-0.15, -0.1) is 0 Å². The minimum Gasteiger partial charge on any atom is -0.482 e. The maximum Gasteiger partial charge on any atom is 0.265 e. The number of amides is 2. The summed E-state index contributed by atoms with van der Waals surface area (Å²) in [7, 11) is 0. The molecular weight excluding hydrogens is 335 g/mol. The van der Waals surface area contributed by atoms with Crippen molar-refractivity contribution in [2.24, 2.45) is 0 Å². The van der Waals surface area contributed by atoms with Gasteiger partial charge in [-0.1, -0.05) is 17.7 Å². The van der Waals surface area contributed by atoms with Crippen molar-refractivity contribution in [3.8, 4) is 5.75 Å². The number of hydrogen-bond acceptors (Lipinski definition) is 3. The number of halogens is 2. The molecule has 2 aromatic rings. The molecule has 1 N–H and O–H groups in total. The second-order valence-corrected chi connectivity index (χ2v) is 5.78. The molecule has 1 aliphatic rings. The van der Waals surface area contributed by atoms with Crippen LogP contribution in [0.15, 0.2) is 36.4 Å². The summed E-state index contributed by atoms with van der Waals surface area (Å²) in [6.45, 7) is 1.20. The highest BCUT2D eigenvalue weighted by Gasteiger charge is 2.27. The van der Waals surface area contributed by atoms with Crippen LogP contribution >= 0.6 is 11.6 Å². The lowest BCUT2D eigenvalue weighted by Crippen LogP contribution is -2.43. The summed E-state index contributed by atoms with van der Waals surface area (Å²) < 4.78 is 18.9. The molecule has 2 aromatic carbocycles. The third kappa shape index (κ3) is 3.19. The SMILES string of the molecule is Cc1c(F)cccc1NC(=O)CN1C(=O)COc2ccc(Cl)cc21. The zero-order chi connectivity index (χ0) is 17.3. The molecule has 0 radical (unpaired) electrons. The second-order valence-electron chi connectivity index (χ2n) is 5.34. The van der Waals surface area contributed by atoms with Crippen LogP contribution in [0.4, 0.5) is 15.8 Å². The number of nitrogens with zero attached hydrogens (tertiary/aromatic N) is 1. The first-order chi connectivity index (χ1) is 11.5. The van der Waals surface area contributed by atoms with E-state index in [1.165, 1.54) is 17.0 Å². The highest BCUT2D eigenvalue weighted by molar-refractivity contribution is 6.31. The topological polar surface area (TPSA) is 58.6 Å². The van der Waals surface area contributed by atoms with Crippen LogP contribution in [0.1, 0.15) is 5.56 Å². The molecule has 0 aliphatic carbocycles. The van der Waals surface area contributed by atoms with E-state index in [2.05, 4.69) is 5.32 Å². The molecule has 0 unspecified atom stereocenters. The van der Waals surface area contributed by atoms with Gasteiger partial charge in [-0.3, -0.25) is 14.5 Å². The van der Waals surface area contributed by atoms with E-state index in [0.29, 0.717) is 27.7 Å². The number of carbonyl (C=O) groups excluding carboxylic acids is 2. The van der Waals surface area contributed by atoms with Gasteiger partial charge in [0.05, 0.1) is 5.69 Å². The van der Waals surface area contributed by atoms with Crippen molar-refractivity contribution in [1.82, 2.24) is 0 Å². The molecule has 1 aliphatic heterocycles. The average molecular weight is 349 g/mol. The Balaban J connectivity index is 1.80. The molecule has 0 spiro atoms. The molecule has 24 heavy (non-hydrogen) atoms. The Labute approximate surface area is 143 Å². The van der Waals surface area contributed by atoms with Gasteiger partial charge in [0, 0.05) is 16.3 Å². The molecule has 1 heterocycles. The van der Waals surface area contributed by atoms with E-state index in [1.54, 1.807) is 31.2 Å². The van der Waals surface area contributed by atoms with Crippen LogP contribution < -0.4 is 15.0 Å². The molecule has 0 saturated carbocycles. The quantitative estimate of drug-likeness (QED) is 0.927. The summed E-state index contributed by atoms with van der Waals surface area (Å²) in [5.41, 5.74) is 1.14. The summed E-state index contributed by atoms with van der Waals surface area (Å²) in [6.07, 6.45) is 0. The molecule has 0 aromatic heterocycles. The number of carbonyl (C=O) groups is 2. The summed E-state index contributed by atoms with van der Waals surface area (Å²) in [4.78, 5) is 25.7. The van der Waals surface area contributed by atoms with Crippen LogP contribution in [0.3, 0.4) is 0 Å². The first-order valence-corrected chi connectivity index (χ1v) is 7.61. The Kier molecular flexibility index (Phi) is 4.40. The normalized spacial score (nSPS) is 13.3. The zero-order valence-electron chi connectivity index (χ0n) is 12.8. The van der Waals surface area contributed by atoms with E-state index in [4.69, 9.17) is 16.3 Å². The van der Waals surface area contributed by atoms with Crippen LogP contribution in [0.2, 0.25) is 5.02 Å². The number of benzene rings is 2. The number of fused-ring (bicyclic) bond motifs is 1. The first-order valence-electron chi connectivity index (χ1n) is 7.23. The molecule has 3 rings (SSSR count).